The number of aromatic nitrogens is 3. The van der Waals surface area contributed by atoms with Crippen molar-refractivity contribution < 1.29 is 28.3 Å². The Kier molecular flexibility index (Phi) is 7.33. The quantitative estimate of drug-likeness (QED) is 0.483. The summed E-state index contributed by atoms with van der Waals surface area (Å²) in [5, 5.41) is 4.62. The molecule has 0 amide bonds. The van der Waals surface area contributed by atoms with Crippen LogP contribution in [0.5, 0.6) is 5.88 Å². The van der Waals surface area contributed by atoms with E-state index in [0.29, 0.717) is 55.4 Å². The molecule has 6 aliphatic rings. The lowest BCUT2D eigenvalue weighted by Crippen LogP contribution is -2.56. The van der Waals surface area contributed by atoms with E-state index in [2.05, 4.69) is 28.9 Å². The van der Waals surface area contributed by atoms with Crippen molar-refractivity contribution in [1.82, 2.24) is 24.9 Å². The number of likely N-dealkylation sites (tertiary alicyclic amines) is 1. The van der Waals surface area contributed by atoms with Crippen molar-refractivity contribution >= 4 is 5.78 Å². The van der Waals surface area contributed by atoms with Crippen molar-refractivity contribution in [1.29, 1.82) is 0 Å². The molecule has 44 heavy (non-hydrogen) atoms. The number of likely N-dealkylation sites (N-methyl/N-ethyl adjacent to an activating group) is 1. The zero-order chi connectivity index (χ0) is 30.1. The van der Waals surface area contributed by atoms with Gasteiger partial charge in [-0.25, -0.2) is 4.98 Å². The summed E-state index contributed by atoms with van der Waals surface area (Å²) in [7, 11) is 3.92. The number of ether oxygens (including phenoxy) is 4. The third kappa shape index (κ3) is 4.56. The Morgan fingerprint density at radius 2 is 1.91 bits per heavy atom. The molecule has 2 aromatic rings. The molecule has 11 heteroatoms. The topological polar surface area (TPSA) is 112 Å². The fourth-order valence-electron chi connectivity index (χ4n) is 8.91. The molecular weight excluding hydrogens is 562 g/mol. The number of ketones is 1. The molecular formula is C33H45N5O6. The molecule has 0 radical (unpaired) electrons. The Hall–Kier alpha value is -2.44. The van der Waals surface area contributed by atoms with Crippen LogP contribution in [-0.2, 0) is 42.8 Å². The Balaban J connectivity index is 1.23. The number of carbonyl (C=O) groups is 1. The third-order valence-electron chi connectivity index (χ3n) is 11.6. The van der Waals surface area contributed by atoms with Gasteiger partial charge in [0.2, 0.25) is 5.88 Å². The van der Waals surface area contributed by atoms with Gasteiger partial charge in [0.25, 0.3) is 0 Å². The maximum atomic E-state index is 13.3. The van der Waals surface area contributed by atoms with Crippen molar-refractivity contribution in [3.63, 3.8) is 0 Å². The van der Waals surface area contributed by atoms with Gasteiger partial charge in [0, 0.05) is 51.4 Å². The Bertz CT molecular complexity index is 1420. The lowest BCUT2D eigenvalue weighted by Gasteiger charge is -2.46. The average molecular weight is 608 g/mol. The van der Waals surface area contributed by atoms with Crippen LogP contribution in [0, 0.1) is 0 Å². The third-order valence-corrected chi connectivity index (χ3v) is 11.6. The Morgan fingerprint density at radius 3 is 2.64 bits per heavy atom. The van der Waals surface area contributed by atoms with E-state index >= 15 is 0 Å². The first-order chi connectivity index (χ1) is 21.4. The first-order valence-corrected chi connectivity index (χ1v) is 16.6. The van der Waals surface area contributed by atoms with E-state index in [1.54, 1.807) is 7.11 Å². The van der Waals surface area contributed by atoms with Crippen molar-refractivity contribution in [2.75, 3.05) is 53.7 Å². The van der Waals surface area contributed by atoms with Crippen LogP contribution in [0.3, 0.4) is 0 Å². The van der Waals surface area contributed by atoms with E-state index in [9.17, 15) is 4.79 Å². The zero-order valence-corrected chi connectivity index (χ0v) is 26.3. The average Bonchev–Trinajstić information content (AvgIpc) is 3.73. The molecule has 4 fully saturated rings. The smallest absolute Gasteiger partial charge is 0.222 e. The molecule has 2 spiro atoms. The zero-order valence-electron chi connectivity index (χ0n) is 26.3. The van der Waals surface area contributed by atoms with E-state index in [0.717, 1.165) is 100 Å². The summed E-state index contributed by atoms with van der Waals surface area (Å²) in [6.45, 7) is 7.41. The van der Waals surface area contributed by atoms with Crippen LogP contribution < -0.4 is 4.74 Å². The number of methoxy groups -OCH3 is 1. The predicted molar refractivity (Wildman–Crippen MR) is 160 cm³/mol. The van der Waals surface area contributed by atoms with Crippen molar-refractivity contribution in [3.05, 3.63) is 22.6 Å². The standard InChI is InChI=1S/C33H45N5O6/c1-20(25-13-22(40-3)14-37(25)2)43-31-24-15-38(21-16-42-17-21)18-32(11-12-41-19-32)28(24)34-30(35-31)27-23-7-6-10-33(29(23)44-36-27)9-5-4-8-26(33)39/h20-22,25H,4-19H2,1-3H3/t20-,22+,25-,32-,33+/m0/s1. The Morgan fingerprint density at radius 1 is 1.05 bits per heavy atom. The molecule has 0 aromatic carbocycles. The van der Waals surface area contributed by atoms with Gasteiger partial charge in [0.05, 0.1) is 54.1 Å². The van der Waals surface area contributed by atoms with Crippen LogP contribution in [-0.4, -0.2) is 109 Å². The number of rotatable bonds is 6. The van der Waals surface area contributed by atoms with Gasteiger partial charge in [-0.2, -0.15) is 4.98 Å². The minimum Gasteiger partial charge on any atom is -0.473 e. The van der Waals surface area contributed by atoms with Crippen molar-refractivity contribution in [2.45, 2.75) is 106 Å². The molecule has 11 nitrogen and oxygen atoms in total. The molecule has 238 valence electrons. The van der Waals surface area contributed by atoms with Gasteiger partial charge in [-0.3, -0.25) is 14.6 Å². The lowest BCUT2D eigenvalue weighted by molar-refractivity contribution is -0.128. The summed E-state index contributed by atoms with van der Waals surface area (Å²) in [5.74, 6) is 2.22. The van der Waals surface area contributed by atoms with E-state index < -0.39 is 5.41 Å². The van der Waals surface area contributed by atoms with Crippen LogP contribution in [0.15, 0.2) is 4.52 Å². The second-order valence-electron chi connectivity index (χ2n) is 14.2. The van der Waals surface area contributed by atoms with E-state index in [4.69, 9.17) is 33.4 Å². The Labute approximate surface area is 258 Å². The van der Waals surface area contributed by atoms with Crippen LogP contribution in [0.4, 0.5) is 0 Å². The summed E-state index contributed by atoms with van der Waals surface area (Å²) < 4.78 is 30.4. The van der Waals surface area contributed by atoms with Crippen molar-refractivity contribution in [3.8, 4) is 17.4 Å². The van der Waals surface area contributed by atoms with Crippen LogP contribution >= 0.6 is 0 Å². The molecule has 3 saturated heterocycles. The fraction of sp³-hybridized carbons (Fsp3) is 0.758. The second kappa shape index (κ2) is 11.1. The van der Waals surface area contributed by atoms with Crippen LogP contribution in [0.25, 0.3) is 11.5 Å². The lowest BCUT2D eigenvalue weighted by atomic mass is 9.64. The maximum Gasteiger partial charge on any atom is 0.222 e. The normalized spacial score (nSPS) is 33.5. The monoisotopic (exact) mass is 607 g/mol. The van der Waals surface area contributed by atoms with Gasteiger partial charge < -0.3 is 23.5 Å². The molecule has 5 atom stereocenters. The summed E-state index contributed by atoms with van der Waals surface area (Å²) >= 11 is 0. The number of hydrogen-bond acceptors (Lipinski definition) is 11. The summed E-state index contributed by atoms with van der Waals surface area (Å²) in [4.78, 5) is 28.7. The molecule has 0 unspecified atom stereocenters. The van der Waals surface area contributed by atoms with Gasteiger partial charge in [-0.1, -0.05) is 11.6 Å². The maximum absolute atomic E-state index is 13.3. The summed E-state index contributed by atoms with van der Waals surface area (Å²) in [6, 6.07) is 0.579. The van der Waals surface area contributed by atoms with E-state index in [1.165, 1.54) is 0 Å². The predicted octanol–water partition coefficient (Wildman–Crippen LogP) is 3.21. The highest BCUT2D eigenvalue weighted by atomic mass is 16.5. The fourth-order valence-corrected chi connectivity index (χ4v) is 8.91. The van der Waals surface area contributed by atoms with Crippen molar-refractivity contribution in [2.24, 2.45) is 0 Å². The van der Waals surface area contributed by atoms with Crippen LogP contribution in [0.2, 0.25) is 0 Å². The molecule has 0 bridgehead atoms. The van der Waals surface area contributed by atoms with Gasteiger partial charge in [0.1, 0.15) is 11.9 Å². The molecule has 8 rings (SSSR count). The van der Waals surface area contributed by atoms with Gasteiger partial charge in [-0.05, 0) is 58.9 Å². The number of Topliss-reactive ketones (excluding diaryl/α,β-unsaturated/α-hetero) is 1. The molecule has 2 aromatic heterocycles. The minimum atomic E-state index is -0.546. The molecule has 2 aliphatic carbocycles. The number of fused-ring (bicyclic) bond motifs is 4. The number of nitrogens with zero attached hydrogens (tertiary/aromatic N) is 5. The first-order valence-electron chi connectivity index (χ1n) is 16.6. The second-order valence-corrected chi connectivity index (χ2v) is 14.2. The number of carbonyl (C=O) groups excluding carboxylic acids is 1. The molecule has 0 N–H and O–H groups in total. The van der Waals surface area contributed by atoms with E-state index in [-0.39, 0.29) is 23.7 Å². The largest absolute Gasteiger partial charge is 0.473 e. The van der Waals surface area contributed by atoms with Gasteiger partial charge in [0.15, 0.2) is 17.3 Å². The summed E-state index contributed by atoms with van der Waals surface area (Å²) in [5.41, 5.74) is 2.94. The number of hydrogen-bond donors (Lipinski definition) is 0. The van der Waals surface area contributed by atoms with Crippen LogP contribution in [0.1, 0.15) is 80.9 Å². The summed E-state index contributed by atoms with van der Waals surface area (Å²) in [6.07, 6.45) is 7.91. The van der Waals surface area contributed by atoms with E-state index in [1.807, 2.05) is 0 Å². The molecule has 1 saturated carbocycles. The highest BCUT2D eigenvalue weighted by Crippen LogP contribution is 2.49. The van der Waals surface area contributed by atoms with Gasteiger partial charge in [-0.15, -0.1) is 0 Å². The highest BCUT2D eigenvalue weighted by Gasteiger charge is 2.51. The molecule has 4 aliphatic heterocycles. The highest BCUT2D eigenvalue weighted by molar-refractivity contribution is 5.91. The molecule has 6 heterocycles. The first kappa shape index (κ1) is 29.0. The van der Waals surface area contributed by atoms with Gasteiger partial charge >= 0.3 is 0 Å². The minimum absolute atomic E-state index is 0.112. The SMILES string of the molecule is CO[C@@H]1C[C@@H]([C@H](C)Oc2nc(-c3noc4c3CCC[C@@]43CCCCC3=O)nc3c2CN(C2COC2)C[C@]32CCOC2)N(C)C1.